The Kier molecular flexibility index (Phi) is 6.19. The van der Waals surface area contributed by atoms with Crippen molar-refractivity contribution >= 4 is 5.91 Å². The molecule has 25 heavy (non-hydrogen) atoms. The predicted molar refractivity (Wildman–Crippen MR) is 85.6 cm³/mol. The Morgan fingerprint density at radius 2 is 2.00 bits per heavy atom. The van der Waals surface area contributed by atoms with Crippen LogP contribution >= 0.6 is 0 Å². The van der Waals surface area contributed by atoms with Crippen molar-refractivity contribution in [2.75, 3.05) is 0 Å². The summed E-state index contributed by atoms with van der Waals surface area (Å²) in [5.41, 5.74) is 5.83. The number of unbranched alkanes of at least 4 members (excludes halogenated alkanes) is 1. The van der Waals surface area contributed by atoms with E-state index in [0.717, 1.165) is 25.0 Å². The van der Waals surface area contributed by atoms with Gasteiger partial charge in [0.1, 0.15) is 6.26 Å². The Hall–Kier alpha value is -2.35. The van der Waals surface area contributed by atoms with Gasteiger partial charge in [-0.15, -0.1) is 0 Å². The van der Waals surface area contributed by atoms with Gasteiger partial charge in [-0.25, -0.2) is 4.98 Å². The second-order valence-electron chi connectivity index (χ2n) is 5.70. The van der Waals surface area contributed by atoms with Gasteiger partial charge in [-0.1, -0.05) is 31.9 Å². The highest BCUT2D eigenvalue weighted by Gasteiger charge is 2.29. The minimum absolute atomic E-state index is 0.0844. The van der Waals surface area contributed by atoms with Crippen LogP contribution in [0.4, 0.5) is 13.2 Å². The third-order valence-corrected chi connectivity index (χ3v) is 3.67. The third kappa shape index (κ3) is 5.32. The van der Waals surface area contributed by atoms with Gasteiger partial charge in [0.05, 0.1) is 11.6 Å². The highest BCUT2D eigenvalue weighted by atomic mass is 19.4. The van der Waals surface area contributed by atoms with E-state index in [9.17, 15) is 18.0 Å². The Labute approximate surface area is 143 Å². The maximum absolute atomic E-state index is 12.5. The minimum Gasteiger partial charge on any atom is -0.446 e. The summed E-state index contributed by atoms with van der Waals surface area (Å²) >= 11 is 0. The average molecular weight is 355 g/mol. The number of nitrogens with two attached hydrogens (primary N) is 1. The Bertz CT molecular complexity index is 696. The molecule has 0 saturated carbocycles. The summed E-state index contributed by atoms with van der Waals surface area (Å²) in [6.07, 6.45) is -0.518. The van der Waals surface area contributed by atoms with Crippen LogP contribution < -0.4 is 11.1 Å². The first-order chi connectivity index (χ1) is 11.8. The first-order valence-corrected chi connectivity index (χ1v) is 7.96. The van der Waals surface area contributed by atoms with E-state index in [0.29, 0.717) is 17.9 Å². The fourth-order valence-electron chi connectivity index (χ4n) is 2.19. The van der Waals surface area contributed by atoms with Crippen LogP contribution in [0.3, 0.4) is 0 Å². The molecule has 0 saturated heterocycles. The van der Waals surface area contributed by atoms with Gasteiger partial charge in [0.15, 0.2) is 5.69 Å². The molecule has 1 unspecified atom stereocenters. The maximum Gasteiger partial charge on any atom is 0.416 e. The number of aromatic nitrogens is 1. The zero-order valence-corrected chi connectivity index (χ0v) is 13.8. The van der Waals surface area contributed by atoms with E-state index in [1.54, 1.807) is 0 Å². The van der Waals surface area contributed by atoms with Crippen molar-refractivity contribution in [2.45, 2.75) is 44.9 Å². The molecule has 0 aliphatic rings. The molecule has 8 heteroatoms. The van der Waals surface area contributed by atoms with Gasteiger partial charge in [0.25, 0.3) is 5.91 Å². The lowest BCUT2D eigenvalue weighted by molar-refractivity contribution is -0.137. The Morgan fingerprint density at radius 3 is 2.60 bits per heavy atom. The van der Waals surface area contributed by atoms with Crippen LogP contribution in [0.1, 0.15) is 59.7 Å². The van der Waals surface area contributed by atoms with Crippen molar-refractivity contribution in [1.29, 1.82) is 0 Å². The molecule has 0 radical (unpaired) electrons. The van der Waals surface area contributed by atoms with E-state index in [2.05, 4.69) is 10.3 Å². The van der Waals surface area contributed by atoms with Crippen LogP contribution in [-0.2, 0) is 12.7 Å². The first-order valence-electron chi connectivity index (χ1n) is 7.96. The molecule has 3 N–H and O–H groups in total. The molecule has 1 heterocycles. The van der Waals surface area contributed by atoms with Gasteiger partial charge < -0.3 is 15.5 Å². The smallest absolute Gasteiger partial charge is 0.416 e. The molecule has 0 bridgehead atoms. The normalized spacial score (nSPS) is 12.8. The Morgan fingerprint density at radius 1 is 1.32 bits per heavy atom. The van der Waals surface area contributed by atoms with Crippen molar-refractivity contribution in [3.63, 3.8) is 0 Å². The Balaban J connectivity index is 1.91. The highest BCUT2D eigenvalue weighted by Crippen LogP contribution is 2.29. The summed E-state index contributed by atoms with van der Waals surface area (Å²) in [6, 6.07) is 4.22. The lowest BCUT2D eigenvalue weighted by Gasteiger charge is -2.08. The number of carbonyl (C=O) groups excluding carboxylic acids is 1. The number of halogens is 3. The molecule has 1 aromatic carbocycles. The molecule has 5 nitrogen and oxygen atoms in total. The number of oxazole rings is 1. The number of nitrogens with one attached hydrogen (secondary N) is 1. The molecule has 1 atom stereocenters. The second kappa shape index (κ2) is 8.15. The van der Waals surface area contributed by atoms with Gasteiger partial charge in [0, 0.05) is 6.54 Å². The van der Waals surface area contributed by atoms with Crippen molar-refractivity contribution < 1.29 is 22.4 Å². The zero-order chi connectivity index (χ0) is 18.4. The number of alkyl halides is 3. The molecule has 2 rings (SSSR count). The molecule has 0 aliphatic carbocycles. The van der Waals surface area contributed by atoms with Gasteiger partial charge in [-0.2, -0.15) is 13.2 Å². The van der Waals surface area contributed by atoms with Gasteiger partial charge in [0.2, 0.25) is 5.89 Å². The van der Waals surface area contributed by atoms with E-state index in [1.807, 2.05) is 6.92 Å². The molecule has 136 valence electrons. The summed E-state index contributed by atoms with van der Waals surface area (Å²) in [4.78, 5) is 16.1. The minimum atomic E-state index is -4.38. The van der Waals surface area contributed by atoms with Gasteiger partial charge >= 0.3 is 6.18 Å². The van der Waals surface area contributed by atoms with Crippen LogP contribution in [0, 0.1) is 0 Å². The van der Waals surface area contributed by atoms with Crippen molar-refractivity contribution in [3.8, 4) is 0 Å². The first kappa shape index (κ1) is 19.0. The summed E-state index contributed by atoms with van der Waals surface area (Å²) in [5.74, 6) is -0.175. The van der Waals surface area contributed by atoms with Crippen molar-refractivity contribution in [1.82, 2.24) is 10.3 Å². The molecular weight excluding hydrogens is 335 g/mol. The highest BCUT2D eigenvalue weighted by molar-refractivity contribution is 5.91. The topological polar surface area (TPSA) is 81.1 Å². The largest absolute Gasteiger partial charge is 0.446 e. The second-order valence-corrected chi connectivity index (χ2v) is 5.70. The number of carbonyl (C=O) groups is 1. The van der Waals surface area contributed by atoms with Crippen LogP contribution in [0.25, 0.3) is 0 Å². The fraction of sp³-hybridized carbons (Fsp3) is 0.412. The molecule has 0 fully saturated rings. The number of nitrogens with zero attached hydrogens (tertiary/aromatic N) is 1. The van der Waals surface area contributed by atoms with Crippen LogP contribution in [0.5, 0.6) is 0 Å². The lowest BCUT2D eigenvalue weighted by atomic mass is 10.1. The molecular formula is C17H20F3N3O2. The van der Waals surface area contributed by atoms with Gasteiger partial charge in [-0.3, -0.25) is 4.79 Å². The summed E-state index contributed by atoms with van der Waals surface area (Å²) in [5, 5.41) is 2.59. The van der Waals surface area contributed by atoms with Crippen LogP contribution in [0.2, 0.25) is 0 Å². The number of rotatable bonds is 7. The number of hydrogen-bond donors (Lipinski definition) is 2. The molecule has 1 aromatic heterocycles. The van der Waals surface area contributed by atoms with Crippen LogP contribution in [0.15, 0.2) is 34.9 Å². The monoisotopic (exact) mass is 355 g/mol. The molecule has 0 spiro atoms. The number of hydrogen-bond acceptors (Lipinski definition) is 4. The zero-order valence-electron chi connectivity index (χ0n) is 13.8. The maximum atomic E-state index is 12.5. The van der Waals surface area contributed by atoms with E-state index in [-0.39, 0.29) is 18.3 Å². The number of amides is 1. The molecule has 0 aliphatic heterocycles. The van der Waals surface area contributed by atoms with Crippen molar-refractivity contribution in [2.24, 2.45) is 5.73 Å². The number of benzene rings is 1. The van der Waals surface area contributed by atoms with E-state index < -0.39 is 17.6 Å². The summed E-state index contributed by atoms with van der Waals surface area (Å²) < 4.78 is 42.7. The molecule has 1 amide bonds. The summed E-state index contributed by atoms with van der Waals surface area (Å²) in [6.45, 7) is 2.13. The summed E-state index contributed by atoms with van der Waals surface area (Å²) in [7, 11) is 0. The standard InChI is InChI=1S/C17H20F3N3O2/c1-2-3-4-13(21)16-23-14(10-25-16)15(24)22-9-11-5-7-12(8-6-11)17(18,19)20/h5-8,10,13H,2-4,9,21H2,1H3,(H,22,24). The van der Waals surface area contributed by atoms with E-state index in [1.165, 1.54) is 18.4 Å². The van der Waals surface area contributed by atoms with E-state index >= 15 is 0 Å². The van der Waals surface area contributed by atoms with Gasteiger partial charge in [-0.05, 0) is 24.1 Å². The predicted octanol–water partition coefficient (Wildman–Crippen LogP) is 3.81. The quantitative estimate of drug-likeness (QED) is 0.791. The van der Waals surface area contributed by atoms with Crippen LogP contribution in [-0.4, -0.2) is 10.9 Å². The molecule has 2 aromatic rings. The SMILES string of the molecule is CCCCC(N)c1nc(C(=O)NCc2ccc(C(F)(F)F)cc2)co1. The third-order valence-electron chi connectivity index (χ3n) is 3.67. The van der Waals surface area contributed by atoms with E-state index in [4.69, 9.17) is 10.2 Å². The fourth-order valence-corrected chi connectivity index (χ4v) is 2.19. The average Bonchev–Trinajstić information content (AvgIpc) is 3.07. The van der Waals surface area contributed by atoms with Crippen molar-refractivity contribution in [3.05, 3.63) is 53.2 Å². The lowest BCUT2D eigenvalue weighted by Crippen LogP contribution is -2.23.